The van der Waals surface area contributed by atoms with Gasteiger partial charge in [-0.3, -0.25) is 4.98 Å². The molecule has 1 aliphatic heterocycles. The van der Waals surface area contributed by atoms with Gasteiger partial charge in [-0.2, -0.15) is 0 Å². The lowest BCUT2D eigenvalue weighted by molar-refractivity contribution is 0.122. The van der Waals surface area contributed by atoms with Gasteiger partial charge in [0.25, 0.3) is 0 Å². The Bertz CT molecular complexity index is 291. The molecule has 2 heterocycles. The molecule has 0 amide bonds. The predicted octanol–water partition coefficient (Wildman–Crippen LogP) is 2.51. The Kier molecular flexibility index (Phi) is 5.26. The first-order chi connectivity index (χ1) is 7.40. The molecule has 0 aromatic carbocycles. The zero-order valence-electron chi connectivity index (χ0n) is 9.28. The van der Waals surface area contributed by atoms with Crippen LogP contribution >= 0.6 is 0 Å². The zero-order chi connectivity index (χ0) is 10.5. The Labute approximate surface area is 98.4 Å². The van der Waals surface area contributed by atoms with E-state index in [0.717, 1.165) is 39.1 Å². The van der Waals surface area contributed by atoms with Crippen LogP contribution in [0.25, 0.3) is 0 Å². The van der Waals surface area contributed by atoms with Crippen molar-refractivity contribution >= 4 is 5.69 Å². The molecule has 0 unspecified atom stereocenters. The normalized spacial score (nSPS) is 15.7. The summed E-state index contributed by atoms with van der Waals surface area (Å²) in [5, 5.41) is 0. The van der Waals surface area contributed by atoms with Crippen molar-refractivity contribution in [1.29, 1.82) is 0 Å². The summed E-state index contributed by atoms with van der Waals surface area (Å²) < 4.78 is 5.32. The van der Waals surface area contributed by atoms with Crippen LogP contribution < -0.4 is 4.90 Å². The average molecular weight is 222 g/mol. The lowest BCUT2D eigenvalue weighted by Crippen LogP contribution is -2.36. The first-order valence-electron chi connectivity index (χ1n) is 5.68. The molecule has 0 bridgehead atoms. The molecule has 16 heavy (non-hydrogen) atoms. The fourth-order valence-electron chi connectivity index (χ4n) is 1.83. The van der Waals surface area contributed by atoms with Gasteiger partial charge in [0.15, 0.2) is 0 Å². The topological polar surface area (TPSA) is 25.4 Å². The number of hydrogen-bond acceptors (Lipinski definition) is 3. The number of rotatable bonds is 3. The number of ether oxygens (including phenoxy) is 1. The Balaban J connectivity index is 0.00000128. The number of pyridine rings is 1. The van der Waals surface area contributed by atoms with Crippen LogP contribution in [0.5, 0.6) is 0 Å². The molecule has 0 aliphatic carbocycles. The molecule has 0 radical (unpaired) electrons. The van der Waals surface area contributed by atoms with Gasteiger partial charge in [-0.1, -0.05) is 20.8 Å². The Hall–Kier alpha value is -1.09. The van der Waals surface area contributed by atoms with Crippen molar-refractivity contribution in [3.63, 3.8) is 0 Å². The number of hydrogen-bond donors (Lipinski definition) is 0. The number of morpholine rings is 1. The van der Waals surface area contributed by atoms with Gasteiger partial charge in [-0.05, 0) is 18.6 Å². The van der Waals surface area contributed by atoms with Crippen LogP contribution in [-0.2, 0) is 11.2 Å². The van der Waals surface area contributed by atoms with E-state index in [-0.39, 0.29) is 7.43 Å². The molecule has 0 spiro atoms. The molecular formula is C13H22N2O. The van der Waals surface area contributed by atoms with Crippen LogP contribution in [0.15, 0.2) is 18.3 Å². The molecule has 90 valence electrons. The van der Waals surface area contributed by atoms with Crippen molar-refractivity contribution in [1.82, 2.24) is 4.98 Å². The maximum atomic E-state index is 5.32. The minimum Gasteiger partial charge on any atom is -0.378 e. The molecule has 0 saturated carbocycles. The number of aromatic nitrogens is 1. The zero-order valence-corrected chi connectivity index (χ0v) is 9.28. The summed E-state index contributed by atoms with van der Waals surface area (Å²) in [6.45, 7) is 5.80. The summed E-state index contributed by atoms with van der Waals surface area (Å²) in [5.41, 5.74) is 2.41. The average Bonchev–Trinajstić information content (AvgIpc) is 2.32. The molecular weight excluding hydrogens is 200 g/mol. The van der Waals surface area contributed by atoms with E-state index in [0.29, 0.717) is 0 Å². The molecule has 0 atom stereocenters. The highest BCUT2D eigenvalue weighted by molar-refractivity contribution is 5.44. The van der Waals surface area contributed by atoms with Crippen LogP contribution in [0.4, 0.5) is 5.69 Å². The highest BCUT2D eigenvalue weighted by Crippen LogP contribution is 2.14. The lowest BCUT2D eigenvalue weighted by Gasteiger charge is -2.28. The molecule has 1 aromatic heterocycles. The molecule has 1 aromatic rings. The molecule has 2 rings (SSSR count). The second-order valence-electron chi connectivity index (χ2n) is 3.86. The first-order valence-corrected chi connectivity index (χ1v) is 5.68. The second kappa shape index (κ2) is 6.48. The summed E-state index contributed by atoms with van der Waals surface area (Å²) >= 11 is 0. The monoisotopic (exact) mass is 222 g/mol. The third-order valence-electron chi connectivity index (χ3n) is 2.69. The highest BCUT2D eigenvalue weighted by Gasteiger charge is 2.10. The van der Waals surface area contributed by atoms with Crippen LogP contribution in [0, 0.1) is 0 Å². The fourth-order valence-corrected chi connectivity index (χ4v) is 1.83. The molecule has 3 nitrogen and oxygen atoms in total. The van der Waals surface area contributed by atoms with Crippen LogP contribution in [0.1, 0.15) is 26.5 Å². The van der Waals surface area contributed by atoms with Crippen LogP contribution in [0.2, 0.25) is 0 Å². The van der Waals surface area contributed by atoms with E-state index in [9.17, 15) is 0 Å². The van der Waals surface area contributed by atoms with Crippen molar-refractivity contribution in [3.8, 4) is 0 Å². The van der Waals surface area contributed by atoms with Gasteiger partial charge in [0.2, 0.25) is 0 Å². The van der Waals surface area contributed by atoms with E-state index in [1.165, 1.54) is 11.4 Å². The standard InChI is InChI=1S/C12H18N2O.CH4/c1-2-3-11-4-5-12(10-13-11)14-6-8-15-9-7-14;/h4-5,10H,2-3,6-9H2,1H3;1H4. The van der Waals surface area contributed by atoms with Gasteiger partial charge in [0.1, 0.15) is 0 Å². The van der Waals surface area contributed by atoms with Gasteiger partial charge in [0, 0.05) is 18.8 Å². The van der Waals surface area contributed by atoms with E-state index in [1.54, 1.807) is 0 Å². The minimum atomic E-state index is 0. The SMILES string of the molecule is C.CCCc1ccc(N2CCOCC2)cn1. The highest BCUT2D eigenvalue weighted by atomic mass is 16.5. The van der Waals surface area contributed by atoms with E-state index in [2.05, 4.69) is 28.9 Å². The van der Waals surface area contributed by atoms with Gasteiger partial charge in [-0.15, -0.1) is 0 Å². The number of aryl methyl sites for hydroxylation is 1. The van der Waals surface area contributed by atoms with Crippen molar-refractivity contribution in [2.75, 3.05) is 31.2 Å². The van der Waals surface area contributed by atoms with Gasteiger partial charge in [0.05, 0.1) is 25.1 Å². The quantitative estimate of drug-likeness (QED) is 0.785. The number of anilines is 1. The maximum absolute atomic E-state index is 5.32. The summed E-state index contributed by atoms with van der Waals surface area (Å²) in [6.07, 6.45) is 4.21. The van der Waals surface area contributed by atoms with Gasteiger partial charge < -0.3 is 9.64 Å². The second-order valence-corrected chi connectivity index (χ2v) is 3.86. The Morgan fingerprint density at radius 1 is 1.31 bits per heavy atom. The molecule has 1 aliphatic rings. The predicted molar refractivity (Wildman–Crippen MR) is 68.0 cm³/mol. The maximum Gasteiger partial charge on any atom is 0.0642 e. The van der Waals surface area contributed by atoms with Crippen molar-refractivity contribution in [2.24, 2.45) is 0 Å². The van der Waals surface area contributed by atoms with Crippen molar-refractivity contribution in [2.45, 2.75) is 27.2 Å². The lowest BCUT2D eigenvalue weighted by atomic mass is 10.2. The first kappa shape index (κ1) is 13.0. The summed E-state index contributed by atoms with van der Waals surface area (Å²) in [4.78, 5) is 6.79. The minimum absolute atomic E-state index is 0. The largest absolute Gasteiger partial charge is 0.378 e. The van der Waals surface area contributed by atoms with E-state index in [1.807, 2.05) is 6.20 Å². The van der Waals surface area contributed by atoms with Crippen LogP contribution in [-0.4, -0.2) is 31.3 Å². The fraction of sp³-hybridized carbons (Fsp3) is 0.615. The Morgan fingerprint density at radius 2 is 2.06 bits per heavy atom. The molecule has 0 N–H and O–H groups in total. The number of nitrogens with zero attached hydrogens (tertiary/aromatic N) is 2. The van der Waals surface area contributed by atoms with E-state index >= 15 is 0 Å². The summed E-state index contributed by atoms with van der Waals surface area (Å²) in [5.74, 6) is 0. The van der Waals surface area contributed by atoms with Gasteiger partial charge >= 0.3 is 0 Å². The third-order valence-corrected chi connectivity index (χ3v) is 2.69. The van der Waals surface area contributed by atoms with E-state index < -0.39 is 0 Å². The molecule has 1 saturated heterocycles. The van der Waals surface area contributed by atoms with Crippen molar-refractivity contribution < 1.29 is 4.74 Å². The van der Waals surface area contributed by atoms with Crippen LogP contribution in [0.3, 0.4) is 0 Å². The summed E-state index contributed by atoms with van der Waals surface area (Å²) in [7, 11) is 0. The van der Waals surface area contributed by atoms with Crippen molar-refractivity contribution in [3.05, 3.63) is 24.0 Å². The van der Waals surface area contributed by atoms with Gasteiger partial charge in [-0.25, -0.2) is 0 Å². The van der Waals surface area contributed by atoms with E-state index in [4.69, 9.17) is 4.74 Å². The molecule has 3 heteroatoms. The third kappa shape index (κ3) is 3.20. The Morgan fingerprint density at radius 3 is 2.62 bits per heavy atom. The molecule has 1 fully saturated rings. The summed E-state index contributed by atoms with van der Waals surface area (Å²) in [6, 6.07) is 4.30. The smallest absolute Gasteiger partial charge is 0.0642 e.